The Balaban J connectivity index is 2.73. The van der Waals surface area contributed by atoms with Gasteiger partial charge in [0.05, 0.1) is 12.2 Å². The Morgan fingerprint density at radius 2 is 1.55 bits per heavy atom. The molecule has 0 spiro atoms. The summed E-state index contributed by atoms with van der Waals surface area (Å²) in [6.07, 6.45) is -4.59. The average molecular weight is 583 g/mol. The van der Waals surface area contributed by atoms with E-state index in [4.69, 9.17) is 0 Å². The molecule has 38 heavy (non-hydrogen) atoms. The van der Waals surface area contributed by atoms with Crippen LogP contribution in [0.2, 0.25) is 0 Å². The maximum Gasteiger partial charge on any atom is 0.452 e. The van der Waals surface area contributed by atoms with E-state index in [0.717, 1.165) is 14.1 Å². The lowest BCUT2D eigenvalue weighted by molar-refractivity contribution is -0.174. The monoisotopic (exact) mass is 582 g/mol. The number of alkyl halides is 3. The summed E-state index contributed by atoms with van der Waals surface area (Å²) >= 11 is 0. The number of aromatic nitrogens is 2. The summed E-state index contributed by atoms with van der Waals surface area (Å²) in [5.41, 5.74) is -2.13. The number of Topliss-reactive ketones (excluding diaryl/α,β-unsaturated/α-hetero) is 1. The quantitative estimate of drug-likeness (QED) is 0.329. The van der Waals surface area contributed by atoms with Crippen molar-refractivity contribution < 1.29 is 39.6 Å². The van der Waals surface area contributed by atoms with E-state index in [2.05, 4.69) is 4.98 Å². The summed E-state index contributed by atoms with van der Waals surface area (Å²) in [6.45, 7) is 1.49. The fourth-order valence-corrected chi connectivity index (χ4v) is 5.78. The standard InChI is InChI=1S/C20H25F3N6O7S2/c1-12(2)16(17(31)20(21,22)23)27-15(30)11-28-18(13-8-6-5-7-9-13)26-10-14(19(28)32)29(37(33,34)24-3)38(35,36)25-4/h5-10,12,16,24-25H,11H2,1-4H3,(H,27,30). The van der Waals surface area contributed by atoms with Gasteiger partial charge < -0.3 is 5.32 Å². The molecule has 1 aromatic carbocycles. The van der Waals surface area contributed by atoms with Crippen LogP contribution < -0.4 is 24.0 Å². The second-order valence-corrected chi connectivity index (χ2v) is 11.7. The number of rotatable bonds is 11. The van der Waals surface area contributed by atoms with E-state index >= 15 is 0 Å². The van der Waals surface area contributed by atoms with Crippen LogP contribution in [-0.2, 0) is 36.6 Å². The number of nitrogens with one attached hydrogen (secondary N) is 3. The van der Waals surface area contributed by atoms with Crippen molar-refractivity contribution in [1.82, 2.24) is 24.3 Å². The second kappa shape index (κ2) is 11.6. The number of hydrogen-bond acceptors (Lipinski definition) is 8. The van der Waals surface area contributed by atoms with Gasteiger partial charge in [-0.1, -0.05) is 44.2 Å². The minimum absolute atomic E-state index is 0.232. The highest BCUT2D eigenvalue weighted by atomic mass is 32.3. The number of hydrogen-bond donors (Lipinski definition) is 3. The predicted octanol–water partition coefficient (Wildman–Crippen LogP) is -0.0827. The lowest BCUT2D eigenvalue weighted by Crippen LogP contribution is -2.52. The number of ketones is 1. The molecule has 2 rings (SSSR count). The van der Waals surface area contributed by atoms with Crippen LogP contribution in [0.1, 0.15) is 13.8 Å². The van der Waals surface area contributed by atoms with Crippen LogP contribution in [-0.4, -0.2) is 64.4 Å². The summed E-state index contributed by atoms with van der Waals surface area (Å²) in [4.78, 5) is 42.0. The molecule has 0 aliphatic heterocycles. The van der Waals surface area contributed by atoms with Crippen LogP contribution in [0.3, 0.4) is 0 Å². The zero-order valence-corrected chi connectivity index (χ0v) is 22.1. The number of carbonyl (C=O) groups is 2. The molecular weight excluding hydrogens is 557 g/mol. The smallest absolute Gasteiger partial charge is 0.344 e. The molecule has 0 fully saturated rings. The normalized spacial score (nSPS) is 13.3. The van der Waals surface area contributed by atoms with Gasteiger partial charge in [0.25, 0.3) is 11.3 Å². The maximum atomic E-state index is 13.4. The highest BCUT2D eigenvalue weighted by Crippen LogP contribution is 2.22. The zero-order valence-electron chi connectivity index (χ0n) is 20.5. The predicted molar refractivity (Wildman–Crippen MR) is 130 cm³/mol. The Labute approximate surface area is 216 Å². The van der Waals surface area contributed by atoms with Crippen molar-refractivity contribution in [2.24, 2.45) is 5.92 Å². The molecule has 0 aliphatic rings. The van der Waals surface area contributed by atoms with Crippen LogP contribution in [0.4, 0.5) is 18.9 Å². The maximum absolute atomic E-state index is 13.4. The van der Waals surface area contributed by atoms with Crippen LogP contribution in [0.15, 0.2) is 41.3 Å². The molecule has 1 heterocycles. The lowest BCUT2D eigenvalue weighted by Gasteiger charge is -2.24. The van der Waals surface area contributed by atoms with Crippen LogP contribution in [0.5, 0.6) is 0 Å². The van der Waals surface area contributed by atoms with Gasteiger partial charge in [0.15, 0.2) is 5.69 Å². The first-order valence-corrected chi connectivity index (χ1v) is 13.6. The van der Waals surface area contributed by atoms with Gasteiger partial charge in [-0.25, -0.2) is 4.98 Å². The molecule has 3 N–H and O–H groups in total. The molecule has 2 aromatic rings. The van der Waals surface area contributed by atoms with E-state index in [-0.39, 0.29) is 15.1 Å². The number of carbonyl (C=O) groups excluding carboxylic acids is 2. The van der Waals surface area contributed by atoms with E-state index in [1.54, 1.807) is 27.6 Å². The Bertz CT molecular complexity index is 1430. The van der Waals surface area contributed by atoms with E-state index in [1.165, 1.54) is 26.0 Å². The van der Waals surface area contributed by atoms with Gasteiger partial charge in [-0.15, -0.1) is 3.71 Å². The molecule has 18 heteroatoms. The largest absolute Gasteiger partial charge is 0.452 e. The molecular formula is C20H25F3N6O7S2. The fraction of sp³-hybridized carbons (Fsp3) is 0.400. The Kier molecular flexibility index (Phi) is 9.41. The first kappa shape index (κ1) is 30.9. The van der Waals surface area contributed by atoms with Gasteiger partial charge in [-0.05, 0) is 5.92 Å². The van der Waals surface area contributed by atoms with E-state index in [0.29, 0.717) is 10.8 Å². The number of halogens is 3. The fourth-order valence-electron chi connectivity index (χ4n) is 3.20. The Hall–Kier alpha value is -3.35. The molecule has 0 saturated heterocycles. The second-order valence-electron chi connectivity index (χ2n) is 7.99. The zero-order chi connectivity index (χ0) is 29.1. The number of anilines is 1. The summed E-state index contributed by atoms with van der Waals surface area (Å²) in [6, 6.07) is 5.64. The molecule has 0 bridgehead atoms. The Morgan fingerprint density at radius 1 is 1.03 bits per heavy atom. The Morgan fingerprint density at radius 3 is 2.00 bits per heavy atom. The first-order valence-electron chi connectivity index (χ1n) is 10.7. The minimum atomic E-state index is -5.25. The van der Waals surface area contributed by atoms with E-state index < -0.39 is 68.0 Å². The van der Waals surface area contributed by atoms with Gasteiger partial charge in [-0.2, -0.15) is 39.5 Å². The van der Waals surface area contributed by atoms with Crippen molar-refractivity contribution >= 4 is 37.8 Å². The van der Waals surface area contributed by atoms with Crippen molar-refractivity contribution in [3.05, 3.63) is 46.9 Å². The number of nitrogens with zero attached hydrogens (tertiary/aromatic N) is 3. The third-order valence-corrected chi connectivity index (χ3v) is 8.53. The number of benzene rings is 1. The average Bonchev–Trinajstić information content (AvgIpc) is 2.84. The van der Waals surface area contributed by atoms with Gasteiger partial charge in [0, 0.05) is 19.7 Å². The van der Waals surface area contributed by atoms with Crippen molar-refractivity contribution in [2.75, 3.05) is 17.8 Å². The van der Waals surface area contributed by atoms with Gasteiger partial charge in [0.1, 0.15) is 12.4 Å². The molecule has 210 valence electrons. The summed E-state index contributed by atoms with van der Waals surface area (Å²) in [5, 5.41) is 1.94. The minimum Gasteiger partial charge on any atom is -0.344 e. The van der Waals surface area contributed by atoms with Gasteiger partial charge in [0.2, 0.25) is 5.91 Å². The molecule has 1 amide bonds. The topological polar surface area (TPSA) is 177 Å². The lowest BCUT2D eigenvalue weighted by atomic mass is 9.99. The molecule has 1 unspecified atom stereocenters. The summed E-state index contributed by atoms with van der Waals surface area (Å²) in [5.74, 6) is -4.66. The molecule has 1 aromatic heterocycles. The third kappa shape index (κ3) is 6.74. The highest BCUT2D eigenvalue weighted by Gasteiger charge is 2.45. The van der Waals surface area contributed by atoms with Crippen molar-refractivity contribution in [1.29, 1.82) is 0 Å². The first-order chi connectivity index (χ1) is 17.5. The van der Waals surface area contributed by atoms with Crippen molar-refractivity contribution in [3.63, 3.8) is 0 Å². The molecule has 1 atom stereocenters. The molecule has 0 saturated carbocycles. The van der Waals surface area contributed by atoms with Crippen LogP contribution in [0.25, 0.3) is 11.4 Å². The summed E-state index contributed by atoms with van der Waals surface area (Å²) < 4.78 is 93.0. The SMILES string of the molecule is CNS(=O)(=O)N(c1cnc(-c2ccccc2)n(CC(=O)NC(C(=O)C(F)(F)F)C(C)C)c1=O)S(=O)(=O)NC. The van der Waals surface area contributed by atoms with Crippen molar-refractivity contribution in [3.8, 4) is 11.4 Å². The van der Waals surface area contributed by atoms with Gasteiger partial charge >= 0.3 is 26.6 Å². The number of amides is 1. The van der Waals surface area contributed by atoms with Gasteiger partial charge in [-0.3, -0.25) is 19.0 Å². The van der Waals surface area contributed by atoms with Crippen LogP contribution in [0, 0.1) is 5.92 Å². The summed E-state index contributed by atoms with van der Waals surface area (Å²) in [7, 11) is -7.99. The molecule has 13 nitrogen and oxygen atoms in total. The highest BCUT2D eigenvalue weighted by molar-refractivity contribution is 8.08. The van der Waals surface area contributed by atoms with E-state index in [9.17, 15) is 44.4 Å². The molecule has 0 radical (unpaired) electrons. The third-order valence-electron chi connectivity index (χ3n) is 5.06. The van der Waals surface area contributed by atoms with E-state index in [1.807, 2.05) is 5.32 Å². The molecule has 0 aliphatic carbocycles. The van der Waals surface area contributed by atoms with Crippen LogP contribution >= 0.6 is 0 Å². The van der Waals surface area contributed by atoms with Crippen molar-refractivity contribution in [2.45, 2.75) is 32.6 Å².